The molecule has 3 heterocycles. The molecule has 1 aromatic heterocycles. The van der Waals surface area contributed by atoms with Crippen LogP contribution in [0, 0.1) is 5.92 Å². The zero-order chi connectivity index (χ0) is 16.9. The van der Waals surface area contributed by atoms with Crippen molar-refractivity contribution in [2.45, 2.75) is 31.6 Å². The summed E-state index contributed by atoms with van der Waals surface area (Å²) in [6.07, 6.45) is 6.77. The molecule has 2 aliphatic heterocycles. The highest BCUT2D eigenvalue weighted by atomic mass is 32.2. The van der Waals surface area contributed by atoms with Gasteiger partial charge in [-0.05, 0) is 50.6 Å². The Morgan fingerprint density at radius 2 is 1.83 bits per heavy atom. The second-order valence-electron chi connectivity index (χ2n) is 7.36. The summed E-state index contributed by atoms with van der Waals surface area (Å²) in [6.45, 7) is 9.65. The summed E-state index contributed by atoms with van der Waals surface area (Å²) in [5, 5.41) is 0. The third-order valence-electron chi connectivity index (χ3n) is 5.78. The normalized spacial score (nSPS) is 22.7. The molecule has 0 amide bonds. The molecule has 0 aromatic carbocycles. The second-order valence-corrected chi connectivity index (χ2v) is 8.23. The second kappa shape index (κ2) is 8.54. The summed E-state index contributed by atoms with van der Waals surface area (Å²) in [4.78, 5) is 12.3. The molecule has 0 unspecified atom stereocenters. The highest BCUT2D eigenvalue weighted by Gasteiger charge is 2.29. The lowest BCUT2D eigenvalue weighted by Crippen LogP contribution is -2.51. The minimum Gasteiger partial charge on any atom is -0.357 e. The molecule has 2 fully saturated rings. The molecule has 2 aliphatic rings. The number of nitrogens with zero attached hydrogens (tertiary/aromatic N) is 4. The first-order chi connectivity index (χ1) is 11.7. The lowest BCUT2D eigenvalue weighted by atomic mass is 9.89. The van der Waals surface area contributed by atoms with Crippen molar-refractivity contribution in [2.24, 2.45) is 5.92 Å². The van der Waals surface area contributed by atoms with Crippen LogP contribution in [0.5, 0.6) is 0 Å². The molecule has 0 aliphatic carbocycles. The van der Waals surface area contributed by atoms with Crippen LogP contribution in [0.15, 0.2) is 18.3 Å². The largest absolute Gasteiger partial charge is 0.357 e. The van der Waals surface area contributed by atoms with Crippen LogP contribution in [0.4, 0.5) is 5.82 Å². The minimum atomic E-state index is 0.720. The molecule has 2 saturated heterocycles. The van der Waals surface area contributed by atoms with Crippen molar-refractivity contribution < 1.29 is 0 Å². The van der Waals surface area contributed by atoms with Gasteiger partial charge in [0.05, 0.1) is 0 Å². The van der Waals surface area contributed by atoms with Crippen molar-refractivity contribution in [1.29, 1.82) is 0 Å². The van der Waals surface area contributed by atoms with E-state index in [0.717, 1.165) is 36.6 Å². The van der Waals surface area contributed by atoms with Crippen LogP contribution < -0.4 is 4.90 Å². The van der Waals surface area contributed by atoms with Crippen molar-refractivity contribution >= 4 is 17.6 Å². The monoisotopic (exact) mass is 348 g/mol. The molecule has 5 heteroatoms. The summed E-state index contributed by atoms with van der Waals surface area (Å²) in [5.74, 6) is 3.05. The fraction of sp³-hybridized carbons (Fsp3) is 0.737. The molecule has 4 nitrogen and oxygen atoms in total. The third-order valence-corrected chi connectivity index (χ3v) is 6.40. The first kappa shape index (κ1) is 18.0. The molecule has 24 heavy (non-hydrogen) atoms. The standard InChI is InChI=1S/C19H32N4S/c1-16(22-12-10-21(2)11-13-22)18-6-8-23(9-7-18)19-5-4-17(14-20-19)15-24-3/h4-5,14,16,18H,6-13,15H2,1-3H3/t16-/m1/s1. The van der Waals surface area contributed by atoms with Crippen LogP contribution in [-0.2, 0) is 5.75 Å². The van der Waals surface area contributed by atoms with Gasteiger partial charge in [-0.2, -0.15) is 11.8 Å². The van der Waals surface area contributed by atoms with Gasteiger partial charge in [0.25, 0.3) is 0 Å². The maximum Gasteiger partial charge on any atom is 0.128 e. The Balaban J connectivity index is 1.50. The van der Waals surface area contributed by atoms with Crippen LogP contribution in [0.25, 0.3) is 0 Å². The number of piperazine rings is 1. The molecular formula is C19H32N4S. The molecule has 3 rings (SSSR count). The zero-order valence-corrected chi connectivity index (χ0v) is 16.3. The number of hydrogen-bond acceptors (Lipinski definition) is 5. The predicted molar refractivity (Wildman–Crippen MR) is 105 cm³/mol. The van der Waals surface area contributed by atoms with Crippen molar-refractivity contribution in [3.8, 4) is 0 Å². The van der Waals surface area contributed by atoms with E-state index in [0.29, 0.717) is 0 Å². The fourth-order valence-corrected chi connectivity index (χ4v) is 4.50. The molecule has 1 atom stereocenters. The Kier molecular flexibility index (Phi) is 6.42. The predicted octanol–water partition coefficient (Wildman–Crippen LogP) is 2.80. The van der Waals surface area contributed by atoms with E-state index < -0.39 is 0 Å². The number of rotatable bonds is 5. The maximum absolute atomic E-state index is 4.69. The quantitative estimate of drug-likeness (QED) is 0.814. The van der Waals surface area contributed by atoms with E-state index in [9.17, 15) is 0 Å². The SMILES string of the molecule is CSCc1ccc(N2CCC([C@@H](C)N3CCN(C)CC3)CC2)nc1. The van der Waals surface area contributed by atoms with Crippen LogP contribution >= 0.6 is 11.8 Å². The summed E-state index contributed by atoms with van der Waals surface area (Å²) in [7, 11) is 2.23. The lowest BCUT2D eigenvalue weighted by molar-refractivity contribution is 0.0813. The van der Waals surface area contributed by atoms with Crippen molar-refractivity contribution in [3.63, 3.8) is 0 Å². The van der Waals surface area contributed by atoms with Gasteiger partial charge in [0.2, 0.25) is 0 Å². The third kappa shape index (κ3) is 4.44. The average Bonchev–Trinajstić information content (AvgIpc) is 2.63. The number of thioether (sulfide) groups is 1. The van der Waals surface area contributed by atoms with Gasteiger partial charge in [-0.25, -0.2) is 4.98 Å². The molecule has 0 saturated carbocycles. The summed E-state index contributed by atoms with van der Waals surface area (Å²) in [6, 6.07) is 5.16. The Labute approximate surface area is 151 Å². The molecule has 0 radical (unpaired) electrons. The van der Waals surface area contributed by atoms with E-state index in [2.05, 4.69) is 52.0 Å². The van der Waals surface area contributed by atoms with Gasteiger partial charge in [0, 0.05) is 57.3 Å². The van der Waals surface area contributed by atoms with Crippen LogP contribution in [-0.4, -0.2) is 73.4 Å². The summed E-state index contributed by atoms with van der Waals surface area (Å²) < 4.78 is 0. The Morgan fingerprint density at radius 3 is 2.42 bits per heavy atom. The summed E-state index contributed by atoms with van der Waals surface area (Å²) >= 11 is 1.85. The van der Waals surface area contributed by atoms with Crippen LogP contribution in [0.1, 0.15) is 25.3 Å². The van der Waals surface area contributed by atoms with E-state index in [1.165, 1.54) is 44.6 Å². The highest BCUT2D eigenvalue weighted by molar-refractivity contribution is 7.97. The number of likely N-dealkylation sites (N-methyl/N-ethyl adjacent to an activating group) is 1. The van der Waals surface area contributed by atoms with E-state index in [1.54, 1.807) is 0 Å². The average molecular weight is 349 g/mol. The van der Waals surface area contributed by atoms with E-state index in [-0.39, 0.29) is 0 Å². The number of anilines is 1. The number of piperidine rings is 1. The Morgan fingerprint density at radius 1 is 1.12 bits per heavy atom. The fourth-order valence-electron chi connectivity index (χ4n) is 3.99. The van der Waals surface area contributed by atoms with Gasteiger partial charge in [0.1, 0.15) is 5.82 Å². The zero-order valence-electron chi connectivity index (χ0n) is 15.4. The number of aromatic nitrogens is 1. The molecule has 0 bridgehead atoms. The molecular weight excluding hydrogens is 316 g/mol. The van der Waals surface area contributed by atoms with Gasteiger partial charge in [-0.1, -0.05) is 6.07 Å². The molecule has 134 valence electrons. The van der Waals surface area contributed by atoms with E-state index in [4.69, 9.17) is 0 Å². The lowest BCUT2D eigenvalue weighted by Gasteiger charge is -2.42. The number of hydrogen-bond donors (Lipinski definition) is 0. The van der Waals surface area contributed by atoms with Crippen molar-refractivity contribution in [3.05, 3.63) is 23.9 Å². The first-order valence-electron chi connectivity index (χ1n) is 9.29. The number of pyridine rings is 1. The van der Waals surface area contributed by atoms with Crippen LogP contribution in [0.3, 0.4) is 0 Å². The van der Waals surface area contributed by atoms with Gasteiger partial charge < -0.3 is 9.80 Å². The Hall–Kier alpha value is -0.780. The summed E-state index contributed by atoms with van der Waals surface area (Å²) in [5.41, 5.74) is 1.32. The highest BCUT2D eigenvalue weighted by Crippen LogP contribution is 2.27. The van der Waals surface area contributed by atoms with Gasteiger partial charge in [-0.3, -0.25) is 4.90 Å². The smallest absolute Gasteiger partial charge is 0.128 e. The molecule has 0 spiro atoms. The van der Waals surface area contributed by atoms with Crippen molar-refractivity contribution in [1.82, 2.24) is 14.8 Å². The van der Waals surface area contributed by atoms with Gasteiger partial charge >= 0.3 is 0 Å². The van der Waals surface area contributed by atoms with Gasteiger partial charge in [-0.15, -0.1) is 0 Å². The minimum absolute atomic E-state index is 0.720. The first-order valence-corrected chi connectivity index (χ1v) is 10.7. The van der Waals surface area contributed by atoms with Crippen molar-refractivity contribution in [2.75, 3.05) is 57.5 Å². The molecule has 1 aromatic rings. The van der Waals surface area contributed by atoms with Gasteiger partial charge in [0.15, 0.2) is 0 Å². The maximum atomic E-state index is 4.69. The van der Waals surface area contributed by atoms with Crippen LogP contribution in [0.2, 0.25) is 0 Å². The van der Waals surface area contributed by atoms with E-state index in [1.807, 2.05) is 18.0 Å². The topological polar surface area (TPSA) is 22.6 Å². The Bertz CT molecular complexity index is 491. The molecule has 0 N–H and O–H groups in total. The van der Waals surface area contributed by atoms with E-state index >= 15 is 0 Å².